The summed E-state index contributed by atoms with van der Waals surface area (Å²) in [4.78, 5) is 15.5. The number of benzene rings is 3. The van der Waals surface area contributed by atoms with Crippen LogP contribution in [0.2, 0.25) is 0 Å². The van der Waals surface area contributed by atoms with E-state index in [1.807, 2.05) is 30.3 Å². The van der Waals surface area contributed by atoms with Crippen LogP contribution in [0.5, 0.6) is 0 Å². The molecule has 3 aromatic rings. The maximum absolute atomic E-state index is 12.8. The van der Waals surface area contributed by atoms with E-state index in [-0.39, 0.29) is 11.9 Å². The Morgan fingerprint density at radius 2 is 1.33 bits per heavy atom. The summed E-state index contributed by atoms with van der Waals surface area (Å²) < 4.78 is 0. The van der Waals surface area contributed by atoms with Gasteiger partial charge in [-0.25, -0.2) is 0 Å². The molecule has 5 rings (SSSR count). The summed E-state index contributed by atoms with van der Waals surface area (Å²) in [5.74, 6) is 1.81. The first kappa shape index (κ1) is 21.9. The molecule has 1 heterocycles. The average molecular weight is 439 g/mol. The summed E-state index contributed by atoms with van der Waals surface area (Å²) >= 11 is 0. The number of piperidine rings is 1. The lowest BCUT2D eigenvalue weighted by molar-refractivity contribution is 0.0936. The van der Waals surface area contributed by atoms with Gasteiger partial charge in [-0.3, -0.25) is 4.79 Å². The Morgan fingerprint density at radius 1 is 0.758 bits per heavy atom. The van der Waals surface area contributed by atoms with Crippen LogP contribution in [-0.4, -0.2) is 36.5 Å². The van der Waals surface area contributed by atoms with Crippen LogP contribution in [0.3, 0.4) is 0 Å². The molecule has 1 saturated carbocycles. The molecule has 2 fully saturated rings. The van der Waals surface area contributed by atoms with E-state index in [9.17, 15) is 4.79 Å². The molecule has 0 bridgehead atoms. The van der Waals surface area contributed by atoms with Crippen molar-refractivity contribution in [3.8, 4) is 0 Å². The zero-order chi connectivity index (χ0) is 22.5. The van der Waals surface area contributed by atoms with E-state index in [0.29, 0.717) is 17.8 Å². The predicted octanol–water partition coefficient (Wildman–Crippen LogP) is 5.86. The van der Waals surface area contributed by atoms with Gasteiger partial charge in [0.25, 0.3) is 5.91 Å². The summed E-state index contributed by atoms with van der Waals surface area (Å²) in [6, 6.07) is 31.7. The number of likely N-dealkylation sites (tertiary alicyclic amines) is 1. The lowest BCUT2D eigenvalue weighted by Crippen LogP contribution is -2.37. The lowest BCUT2D eigenvalue weighted by atomic mass is 9.86. The Hall–Kier alpha value is -2.91. The lowest BCUT2D eigenvalue weighted by Gasteiger charge is -2.35. The van der Waals surface area contributed by atoms with Crippen molar-refractivity contribution in [3.63, 3.8) is 0 Å². The molecule has 3 atom stereocenters. The molecule has 1 amide bonds. The first-order valence-corrected chi connectivity index (χ1v) is 12.4. The largest absolute Gasteiger partial charge is 0.349 e. The van der Waals surface area contributed by atoms with Crippen LogP contribution in [-0.2, 0) is 0 Å². The van der Waals surface area contributed by atoms with Crippen molar-refractivity contribution in [1.82, 2.24) is 10.2 Å². The van der Waals surface area contributed by atoms with Crippen LogP contribution < -0.4 is 5.32 Å². The van der Waals surface area contributed by atoms with E-state index >= 15 is 0 Å². The molecule has 1 aliphatic carbocycles. The topological polar surface area (TPSA) is 32.3 Å². The number of nitrogens with zero attached hydrogens (tertiary/aromatic N) is 1. The molecule has 2 aliphatic rings. The van der Waals surface area contributed by atoms with Gasteiger partial charge in [0.15, 0.2) is 0 Å². The second kappa shape index (κ2) is 10.4. The second-order valence-corrected chi connectivity index (χ2v) is 9.77. The zero-order valence-corrected chi connectivity index (χ0v) is 19.3. The van der Waals surface area contributed by atoms with Crippen molar-refractivity contribution in [2.24, 2.45) is 5.92 Å². The molecular weight excluding hydrogens is 404 g/mol. The maximum Gasteiger partial charge on any atom is 0.251 e. The smallest absolute Gasteiger partial charge is 0.251 e. The molecule has 3 heteroatoms. The molecule has 1 unspecified atom stereocenters. The quantitative estimate of drug-likeness (QED) is 0.523. The highest BCUT2D eigenvalue weighted by molar-refractivity contribution is 5.94. The summed E-state index contributed by atoms with van der Waals surface area (Å²) in [5.41, 5.74) is 3.65. The normalized spacial score (nSPS) is 23.9. The number of hydrogen-bond acceptors (Lipinski definition) is 2. The van der Waals surface area contributed by atoms with Crippen LogP contribution >= 0.6 is 0 Å². The average Bonchev–Trinajstić information content (AvgIpc) is 3.28. The van der Waals surface area contributed by atoms with Crippen molar-refractivity contribution < 1.29 is 4.79 Å². The molecule has 33 heavy (non-hydrogen) atoms. The van der Waals surface area contributed by atoms with Crippen LogP contribution in [0, 0.1) is 5.92 Å². The monoisotopic (exact) mass is 438 g/mol. The van der Waals surface area contributed by atoms with Crippen LogP contribution in [0.1, 0.15) is 59.0 Å². The number of rotatable bonds is 6. The third-order valence-corrected chi connectivity index (χ3v) is 7.64. The van der Waals surface area contributed by atoms with Crippen LogP contribution in [0.25, 0.3) is 0 Å². The number of carbonyl (C=O) groups is 1. The van der Waals surface area contributed by atoms with Gasteiger partial charge in [-0.1, -0.05) is 78.9 Å². The first-order valence-electron chi connectivity index (χ1n) is 12.4. The van der Waals surface area contributed by atoms with E-state index in [1.165, 1.54) is 37.1 Å². The molecule has 170 valence electrons. The van der Waals surface area contributed by atoms with Crippen LogP contribution in [0.15, 0.2) is 91.0 Å². The number of carbonyl (C=O) groups excluding carboxylic acids is 1. The molecule has 3 nitrogen and oxygen atoms in total. The van der Waals surface area contributed by atoms with Gasteiger partial charge < -0.3 is 10.2 Å². The Morgan fingerprint density at radius 3 is 1.97 bits per heavy atom. The summed E-state index contributed by atoms with van der Waals surface area (Å²) in [6.07, 6.45) is 4.55. The fraction of sp³-hybridized carbons (Fsp3) is 0.367. The summed E-state index contributed by atoms with van der Waals surface area (Å²) in [7, 11) is 0. The van der Waals surface area contributed by atoms with Gasteiger partial charge in [0.2, 0.25) is 0 Å². The molecule has 0 spiro atoms. The maximum atomic E-state index is 12.8. The summed E-state index contributed by atoms with van der Waals surface area (Å²) in [6.45, 7) is 3.45. The fourth-order valence-electron chi connectivity index (χ4n) is 5.92. The molecular formula is C30H34N2O. The standard InChI is InChI=1S/C30H34N2O/c33-30(26-14-8-3-9-15-26)31-28-20-27(29(21-28)25-12-6-2-7-13-25)22-32-18-16-24(17-19-32)23-10-4-1-5-11-23/h1-15,24,27-29H,16-22H2,(H,31,33)/t27-,28?,29-/m1/s1. The van der Waals surface area contributed by atoms with Gasteiger partial charge in [0, 0.05) is 18.2 Å². The molecule has 0 radical (unpaired) electrons. The van der Waals surface area contributed by atoms with E-state index < -0.39 is 0 Å². The highest BCUT2D eigenvalue weighted by atomic mass is 16.1. The van der Waals surface area contributed by atoms with Crippen LogP contribution in [0.4, 0.5) is 0 Å². The van der Waals surface area contributed by atoms with Gasteiger partial charge >= 0.3 is 0 Å². The van der Waals surface area contributed by atoms with E-state index in [2.05, 4.69) is 70.9 Å². The van der Waals surface area contributed by atoms with E-state index in [4.69, 9.17) is 0 Å². The molecule has 1 N–H and O–H groups in total. The van der Waals surface area contributed by atoms with Crippen molar-refractivity contribution in [3.05, 3.63) is 108 Å². The summed E-state index contributed by atoms with van der Waals surface area (Å²) in [5, 5.41) is 3.33. The molecule has 1 saturated heterocycles. The second-order valence-electron chi connectivity index (χ2n) is 9.77. The van der Waals surface area contributed by atoms with Gasteiger partial charge in [0.05, 0.1) is 0 Å². The Bertz CT molecular complexity index is 1010. The minimum Gasteiger partial charge on any atom is -0.349 e. The minimum absolute atomic E-state index is 0.0525. The number of amides is 1. The van der Waals surface area contributed by atoms with Gasteiger partial charge in [-0.15, -0.1) is 0 Å². The van der Waals surface area contributed by atoms with Crippen molar-refractivity contribution in [2.75, 3.05) is 19.6 Å². The molecule has 1 aliphatic heterocycles. The molecule has 3 aromatic carbocycles. The number of nitrogens with one attached hydrogen (secondary N) is 1. The molecule has 0 aromatic heterocycles. The predicted molar refractivity (Wildman–Crippen MR) is 134 cm³/mol. The third kappa shape index (κ3) is 5.36. The Kier molecular flexibility index (Phi) is 6.87. The highest BCUT2D eigenvalue weighted by Crippen LogP contribution is 2.41. The zero-order valence-electron chi connectivity index (χ0n) is 19.3. The number of hydrogen-bond donors (Lipinski definition) is 1. The Balaban J connectivity index is 1.23. The first-order chi connectivity index (χ1) is 16.3. The van der Waals surface area contributed by atoms with Crippen molar-refractivity contribution in [1.29, 1.82) is 0 Å². The minimum atomic E-state index is 0.0525. The SMILES string of the molecule is O=C(NC1C[C@H](CN2CCC(c3ccccc3)CC2)[C@@H](c2ccccc2)C1)c1ccccc1. The highest BCUT2D eigenvalue weighted by Gasteiger charge is 2.37. The van der Waals surface area contributed by atoms with E-state index in [0.717, 1.165) is 24.9 Å². The van der Waals surface area contributed by atoms with Gasteiger partial charge in [-0.05, 0) is 79.8 Å². The third-order valence-electron chi connectivity index (χ3n) is 7.64. The fourth-order valence-corrected chi connectivity index (χ4v) is 5.92. The van der Waals surface area contributed by atoms with Crippen molar-refractivity contribution in [2.45, 2.75) is 43.6 Å². The van der Waals surface area contributed by atoms with Crippen molar-refractivity contribution >= 4 is 5.91 Å². The van der Waals surface area contributed by atoms with Gasteiger partial charge in [-0.2, -0.15) is 0 Å². The van der Waals surface area contributed by atoms with E-state index in [1.54, 1.807) is 0 Å². The Labute approximate surface area is 197 Å². The van der Waals surface area contributed by atoms with Gasteiger partial charge in [0.1, 0.15) is 0 Å².